The molecule has 0 radical (unpaired) electrons. The number of carbonyl (C=O) groups is 4. The van der Waals surface area contributed by atoms with Crippen molar-refractivity contribution in [1.82, 2.24) is 24.9 Å². The number of nitroso groups, excluding NO2 is 1. The largest absolute Gasteiger partial charge is 0.480 e. The van der Waals surface area contributed by atoms with Gasteiger partial charge in [-0.05, 0) is 23.1 Å². The van der Waals surface area contributed by atoms with Gasteiger partial charge in [0.05, 0.1) is 31.9 Å². The Morgan fingerprint density at radius 2 is 1.15 bits per heavy atom. The van der Waals surface area contributed by atoms with Crippen molar-refractivity contribution in [3.63, 3.8) is 0 Å². The van der Waals surface area contributed by atoms with Gasteiger partial charge in [-0.3, -0.25) is 44.5 Å². The molecule has 2 rings (SSSR count). The predicted octanol–water partition coefficient (Wildman–Crippen LogP) is 0.000500. The van der Waals surface area contributed by atoms with Crippen molar-refractivity contribution in [2.24, 2.45) is 5.73 Å². The van der Waals surface area contributed by atoms with Crippen LogP contribution in [0.4, 0.5) is 0 Å². The number of hydrogen-bond donors (Lipinski definition) is 5. The molecule has 6 N–H and O–H groups in total. The highest BCUT2D eigenvalue weighted by molar-refractivity contribution is 7.98. The number of hydrogen-bond acceptors (Lipinski definition) is 12. The van der Waals surface area contributed by atoms with Gasteiger partial charge in [0.25, 0.3) is 6.17 Å². The van der Waals surface area contributed by atoms with Crippen LogP contribution in [0.2, 0.25) is 0 Å². The molecule has 1 amide bonds. The average Bonchev–Trinajstić information content (AvgIpc) is 3.01. The van der Waals surface area contributed by atoms with Crippen molar-refractivity contribution in [3.05, 3.63) is 39.8 Å². The van der Waals surface area contributed by atoms with E-state index in [1.807, 2.05) is 4.90 Å². The minimum absolute atomic E-state index is 0.0863. The van der Waals surface area contributed by atoms with Gasteiger partial charge in [0.15, 0.2) is 7.05 Å². The molecule has 0 aliphatic carbocycles. The second kappa shape index (κ2) is 22.8. The summed E-state index contributed by atoms with van der Waals surface area (Å²) < 4.78 is 0.766. The molecule has 0 spiro atoms. The number of aliphatic carboxylic acids is 3. The van der Waals surface area contributed by atoms with Gasteiger partial charge in [-0.15, -0.1) is 11.8 Å². The lowest BCUT2D eigenvalue weighted by Gasteiger charge is -2.32. The van der Waals surface area contributed by atoms with Gasteiger partial charge in [-0.1, -0.05) is 25.1 Å². The van der Waals surface area contributed by atoms with Gasteiger partial charge in [0, 0.05) is 85.8 Å². The van der Waals surface area contributed by atoms with E-state index in [0.29, 0.717) is 70.4 Å². The number of carbonyl (C=O) groups excluding carboxylic acids is 1. The summed E-state index contributed by atoms with van der Waals surface area (Å²) in [6.45, 7) is 4.81. The van der Waals surface area contributed by atoms with E-state index in [9.17, 15) is 39.4 Å². The molecule has 1 aliphatic rings. The van der Waals surface area contributed by atoms with Crippen LogP contribution in [0.15, 0.2) is 18.2 Å². The lowest BCUT2D eigenvalue weighted by Crippen LogP contribution is -2.49. The number of carboxylic acid groups (broad SMARTS) is 3. The third-order valence-corrected chi connectivity index (χ3v) is 9.90. The highest BCUT2D eigenvalue weighted by Gasteiger charge is 2.21. The van der Waals surface area contributed by atoms with Gasteiger partial charge in [-0.25, -0.2) is 0 Å². The number of nitrogens with zero attached hydrogens (tertiary/aromatic N) is 5. The Balaban J connectivity index is 1.91. The van der Waals surface area contributed by atoms with Gasteiger partial charge >= 0.3 is 17.9 Å². The van der Waals surface area contributed by atoms with E-state index in [1.54, 1.807) is 38.2 Å². The third kappa shape index (κ3) is 18.1. The number of nitrogens with two attached hydrogens (primary N) is 1. The summed E-state index contributed by atoms with van der Waals surface area (Å²) >= 11 is 3.35. The fourth-order valence-corrected chi connectivity index (χ4v) is 6.87. The Morgan fingerprint density at radius 1 is 0.750 bits per heavy atom. The molecule has 1 aliphatic heterocycles. The normalized spacial score (nSPS) is 16.8. The van der Waals surface area contributed by atoms with Crippen LogP contribution in [-0.4, -0.2) is 173 Å². The minimum atomic E-state index is -1.01. The summed E-state index contributed by atoms with van der Waals surface area (Å²) in [5, 5.41) is 31.1. The molecule has 0 bridgehead atoms. The van der Waals surface area contributed by atoms with Crippen molar-refractivity contribution >= 4 is 47.3 Å². The maximum atomic E-state index is 12.9. The van der Waals surface area contributed by atoms with Crippen LogP contribution in [0.25, 0.3) is 0 Å². The summed E-state index contributed by atoms with van der Waals surface area (Å²) in [5.41, 5.74) is 9.47. The SMILES string of the molecule is CCc1cc(CSCCNC(=O)CN2CCN(CC(=O)O)CCN(CC(=O)O)CCN(CC(=O)O)CC2)cc(CSCC(N)[N+](C)=O)c1. The van der Waals surface area contributed by atoms with E-state index < -0.39 is 24.1 Å². The lowest BCUT2D eigenvalue weighted by molar-refractivity contribution is -0.552. The van der Waals surface area contributed by atoms with Crippen molar-refractivity contribution < 1.29 is 39.3 Å². The molecule has 1 saturated heterocycles. The van der Waals surface area contributed by atoms with Crippen LogP contribution < -0.4 is 11.1 Å². The molecule has 1 fully saturated rings. The summed E-state index contributed by atoms with van der Waals surface area (Å²) in [5.74, 6) is -0.347. The summed E-state index contributed by atoms with van der Waals surface area (Å²) in [4.78, 5) is 65.7. The van der Waals surface area contributed by atoms with E-state index in [-0.39, 0.29) is 32.1 Å². The van der Waals surface area contributed by atoms with E-state index in [4.69, 9.17) is 5.73 Å². The number of rotatable bonds is 19. The minimum Gasteiger partial charge on any atom is -0.480 e. The molecular formula is C31H52N7O8S2+. The number of carboxylic acids is 3. The van der Waals surface area contributed by atoms with Crippen molar-refractivity contribution in [2.75, 3.05) is 104 Å². The summed E-state index contributed by atoms with van der Waals surface area (Å²) in [6.07, 6.45) is 0.384. The van der Waals surface area contributed by atoms with E-state index in [0.717, 1.165) is 22.7 Å². The third-order valence-electron chi connectivity index (χ3n) is 7.76. The zero-order valence-electron chi connectivity index (χ0n) is 28.1. The first-order chi connectivity index (χ1) is 22.8. The van der Waals surface area contributed by atoms with Gasteiger partial charge in [-0.2, -0.15) is 11.8 Å². The molecule has 270 valence electrons. The first-order valence-electron chi connectivity index (χ1n) is 16.1. The van der Waals surface area contributed by atoms with Crippen molar-refractivity contribution in [1.29, 1.82) is 0 Å². The molecule has 1 heterocycles. The highest BCUT2D eigenvalue weighted by atomic mass is 32.2. The zero-order chi connectivity index (χ0) is 35.5. The Kier molecular flexibility index (Phi) is 19.6. The van der Waals surface area contributed by atoms with Crippen LogP contribution in [-0.2, 0) is 37.1 Å². The number of aryl methyl sites for hydroxylation is 1. The number of amides is 1. The van der Waals surface area contributed by atoms with Crippen LogP contribution in [0.5, 0.6) is 0 Å². The molecule has 1 aromatic rings. The highest BCUT2D eigenvalue weighted by Crippen LogP contribution is 2.21. The number of thioether (sulfide) groups is 2. The predicted molar refractivity (Wildman–Crippen MR) is 187 cm³/mol. The van der Waals surface area contributed by atoms with Gasteiger partial charge < -0.3 is 20.6 Å². The molecule has 1 unspecified atom stereocenters. The van der Waals surface area contributed by atoms with Crippen LogP contribution in [0.3, 0.4) is 0 Å². The monoisotopic (exact) mass is 714 g/mol. The lowest BCUT2D eigenvalue weighted by atomic mass is 10.1. The molecule has 15 nitrogen and oxygen atoms in total. The molecule has 17 heteroatoms. The Labute approximate surface area is 291 Å². The first-order valence-corrected chi connectivity index (χ1v) is 18.4. The standard InChI is InChI=1S/C31H51N7O8S2/c1-3-24-14-25(16-26(15-24)22-48-23-27(32)34(2)46)21-47-13-4-33-28(39)17-35-5-7-36(18-29(40)41)9-11-38(20-31(44)45)12-10-37(8-6-35)19-30(42)43/h14-16,27H,3-13,17-23,32H2,1-2H3,(H3-,33,39,40,41,42,43,44,45)/p+1. The van der Waals surface area contributed by atoms with Crippen LogP contribution >= 0.6 is 23.5 Å². The molecule has 1 aromatic carbocycles. The fraction of sp³-hybridized carbons (Fsp3) is 0.677. The summed E-state index contributed by atoms with van der Waals surface area (Å²) in [7, 11) is 1.43. The van der Waals surface area contributed by atoms with Crippen molar-refractivity contribution in [3.8, 4) is 0 Å². The molecule has 1 atom stereocenters. The van der Waals surface area contributed by atoms with Crippen molar-refractivity contribution in [2.45, 2.75) is 31.0 Å². The van der Waals surface area contributed by atoms with E-state index in [2.05, 4.69) is 30.4 Å². The topological polar surface area (TPSA) is 200 Å². The van der Waals surface area contributed by atoms with Gasteiger partial charge in [0.1, 0.15) is 0 Å². The maximum absolute atomic E-state index is 12.9. The number of benzene rings is 1. The second-order valence-corrected chi connectivity index (χ2v) is 14.0. The quantitative estimate of drug-likeness (QED) is 0.0728. The maximum Gasteiger partial charge on any atom is 0.317 e. The van der Waals surface area contributed by atoms with Gasteiger partial charge in [0.2, 0.25) is 5.91 Å². The molecular weight excluding hydrogens is 663 g/mol. The Hall–Kier alpha value is -2.80. The van der Waals surface area contributed by atoms with Crippen LogP contribution in [0.1, 0.15) is 23.6 Å². The first kappa shape index (κ1) is 41.4. The zero-order valence-corrected chi connectivity index (χ0v) is 29.7. The Bertz CT molecular complexity index is 1180. The molecule has 0 aromatic heterocycles. The second-order valence-electron chi connectivity index (χ2n) is 11.8. The summed E-state index contributed by atoms with van der Waals surface area (Å²) in [6, 6.07) is 6.55. The van der Waals surface area contributed by atoms with Crippen LogP contribution in [0, 0.1) is 4.91 Å². The Morgan fingerprint density at radius 3 is 1.54 bits per heavy atom. The molecule has 0 saturated carbocycles. The smallest absolute Gasteiger partial charge is 0.317 e. The van der Waals surface area contributed by atoms with E-state index >= 15 is 0 Å². The average molecular weight is 715 g/mol. The van der Waals surface area contributed by atoms with E-state index in [1.165, 1.54) is 23.7 Å². The number of nitrogens with one attached hydrogen (secondary N) is 1. The molecule has 48 heavy (non-hydrogen) atoms. The fourth-order valence-electron chi connectivity index (χ4n) is 5.11.